The van der Waals surface area contributed by atoms with E-state index >= 15 is 0 Å². The molecule has 0 aliphatic rings. The second kappa shape index (κ2) is 8.68. The zero-order chi connectivity index (χ0) is 21.0. The minimum absolute atomic E-state index is 0.351. The number of carbonyl (C=O) groups excluding carboxylic acids is 2. The lowest BCUT2D eigenvalue weighted by Crippen LogP contribution is -2.21. The van der Waals surface area contributed by atoms with Crippen molar-refractivity contribution in [3.05, 3.63) is 71.4 Å². The molecule has 0 bridgehead atoms. The maximum Gasteiger partial charge on any atom is 0.340 e. The maximum absolute atomic E-state index is 12.5. The van der Waals surface area contributed by atoms with E-state index in [0.29, 0.717) is 17.8 Å². The zero-order valence-corrected chi connectivity index (χ0v) is 17.1. The number of rotatable bonds is 7. The summed E-state index contributed by atoms with van der Waals surface area (Å²) < 4.78 is 12.6. The molecule has 0 fully saturated rings. The van der Waals surface area contributed by atoms with E-state index in [9.17, 15) is 9.59 Å². The Morgan fingerprint density at radius 2 is 1.86 bits per heavy atom. The van der Waals surface area contributed by atoms with E-state index in [0.717, 1.165) is 22.8 Å². The predicted octanol–water partition coefficient (Wildman–Crippen LogP) is 3.61. The molecule has 1 N–H and O–H groups in total. The molecule has 0 atom stereocenters. The van der Waals surface area contributed by atoms with Crippen molar-refractivity contribution in [3.63, 3.8) is 0 Å². The molecule has 152 valence electrons. The van der Waals surface area contributed by atoms with Gasteiger partial charge in [-0.3, -0.25) is 4.79 Å². The molecule has 0 aliphatic heterocycles. The molecule has 0 radical (unpaired) electrons. The van der Waals surface area contributed by atoms with E-state index in [4.69, 9.17) is 9.15 Å². The van der Waals surface area contributed by atoms with Gasteiger partial charge in [-0.1, -0.05) is 0 Å². The summed E-state index contributed by atoms with van der Waals surface area (Å²) in [7, 11) is 3.89. The third kappa shape index (κ3) is 4.87. The highest BCUT2D eigenvalue weighted by Crippen LogP contribution is 2.19. The highest BCUT2D eigenvalue weighted by molar-refractivity contribution is 5.96. The quantitative estimate of drug-likeness (QED) is 0.619. The van der Waals surface area contributed by atoms with Crippen molar-refractivity contribution >= 4 is 23.3 Å². The summed E-state index contributed by atoms with van der Waals surface area (Å²) in [5, 5.41) is 2.72. The van der Waals surface area contributed by atoms with Crippen LogP contribution in [-0.2, 0) is 16.1 Å². The van der Waals surface area contributed by atoms with Crippen molar-refractivity contribution in [2.24, 2.45) is 0 Å². The summed E-state index contributed by atoms with van der Waals surface area (Å²) in [5.74, 6) is -0.117. The molecule has 7 heteroatoms. The Hall–Kier alpha value is -3.48. The number of ether oxygens (including phenoxy) is 1. The fourth-order valence-corrected chi connectivity index (χ4v) is 3.06. The second-order valence-electron chi connectivity index (χ2n) is 7.02. The standard InChI is InChI=1S/C22H25N3O4/c1-15-12-20(16(2)25(15)13-19-6-5-11-28-19)22(27)29-14-21(26)23-17-7-9-18(10-8-17)24(3)4/h5-12H,13-14H2,1-4H3,(H,23,26). The van der Waals surface area contributed by atoms with Gasteiger partial charge in [-0.25, -0.2) is 4.79 Å². The summed E-state index contributed by atoms with van der Waals surface area (Å²) in [6, 6.07) is 12.9. The molecular formula is C22H25N3O4. The van der Waals surface area contributed by atoms with Crippen LogP contribution in [0.1, 0.15) is 27.5 Å². The molecule has 3 rings (SSSR count). The molecule has 1 aromatic carbocycles. The van der Waals surface area contributed by atoms with E-state index in [-0.39, 0.29) is 12.5 Å². The molecule has 2 aromatic heterocycles. The number of aryl methyl sites for hydroxylation is 1. The number of carbonyl (C=O) groups is 2. The highest BCUT2D eigenvalue weighted by atomic mass is 16.5. The Morgan fingerprint density at radius 3 is 2.48 bits per heavy atom. The third-order valence-corrected chi connectivity index (χ3v) is 4.69. The first kappa shape index (κ1) is 20.3. The summed E-state index contributed by atoms with van der Waals surface area (Å²) in [5.41, 5.74) is 3.80. The first-order chi connectivity index (χ1) is 13.8. The lowest BCUT2D eigenvalue weighted by atomic mass is 10.2. The van der Waals surface area contributed by atoms with Crippen LogP contribution in [0, 0.1) is 13.8 Å². The largest absolute Gasteiger partial charge is 0.467 e. The lowest BCUT2D eigenvalue weighted by Gasteiger charge is -2.13. The molecule has 0 saturated carbocycles. The van der Waals surface area contributed by atoms with Gasteiger partial charge in [0, 0.05) is 36.9 Å². The normalized spacial score (nSPS) is 10.6. The van der Waals surface area contributed by atoms with Crippen LogP contribution in [0.4, 0.5) is 11.4 Å². The van der Waals surface area contributed by atoms with Crippen molar-refractivity contribution in [1.29, 1.82) is 0 Å². The van der Waals surface area contributed by atoms with E-state index < -0.39 is 5.97 Å². The van der Waals surface area contributed by atoms with Crippen molar-refractivity contribution in [2.45, 2.75) is 20.4 Å². The number of hydrogen-bond donors (Lipinski definition) is 1. The molecule has 1 amide bonds. The van der Waals surface area contributed by atoms with Gasteiger partial charge in [0.1, 0.15) is 5.76 Å². The minimum Gasteiger partial charge on any atom is -0.467 e. The first-order valence-corrected chi connectivity index (χ1v) is 9.28. The van der Waals surface area contributed by atoms with Gasteiger partial charge in [-0.05, 0) is 56.3 Å². The van der Waals surface area contributed by atoms with E-state index in [1.165, 1.54) is 0 Å². The molecule has 0 saturated heterocycles. The Bertz CT molecular complexity index is 986. The Balaban J connectivity index is 1.58. The lowest BCUT2D eigenvalue weighted by molar-refractivity contribution is -0.119. The van der Waals surface area contributed by atoms with Gasteiger partial charge in [0.2, 0.25) is 0 Å². The van der Waals surface area contributed by atoms with E-state index in [1.807, 2.05) is 61.7 Å². The molecule has 0 unspecified atom stereocenters. The van der Waals surface area contributed by atoms with Crippen molar-refractivity contribution in [2.75, 3.05) is 30.9 Å². The van der Waals surface area contributed by atoms with Gasteiger partial charge < -0.3 is 23.9 Å². The second-order valence-corrected chi connectivity index (χ2v) is 7.02. The Morgan fingerprint density at radius 1 is 1.14 bits per heavy atom. The van der Waals surface area contributed by atoms with Crippen molar-refractivity contribution < 1.29 is 18.7 Å². The first-order valence-electron chi connectivity index (χ1n) is 9.28. The van der Waals surface area contributed by atoms with E-state index in [1.54, 1.807) is 24.5 Å². The fraction of sp³-hybridized carbons (Fsp3) is 0.273. The topological polar surface area (TPSA) is 76.7 Å². The van der Waals surface area contributed by atoms with Crippen LogP contribution in [0.5, 0.6) is 0 Å². The Labute approximate surface area is 169 Å². The van der Waals surface area contributed by atoms with E-state index in [2.05, 4.69) is 5.32 Å². The van der Waals surface area contributed by atoms with Gasteiger partial charge in [0.15, 0.2) is 6.61 Å². The third-order valence-electron chi connectivity index (χ3n) is 4.69. The Kier molecular flexibility index (Phi) is 6.07. The van der Waals surface area contributed by atoms with Gasteiger partial charge in [0.25, 0.3) is 5.91 Å². The number of anilines is 2. The average molecular weight is 395 g/mol. The van der Waals surface area contributed by atoms with Crippen LogP contribution in [0.25, 0.3) is 0 Å². The summed E-state index contributed by atoms with van der Waals surface area (Å²) in [6.07, 6.45) is 1.62. The average Bonchev–Trinajstić information content (AvgIpc) is 3.30. The van der Waals surface area contributed by atoms with Crippen LogP contribution in [0.15, 0.2) is 53.1 Å². The van der Waals surface area contributed by atoms with Crippen LogP contribution < -0.4 is 10.2 Å². The molecule has 0 aliphatic carbocycles. The summed E-state index contributed by atoms with van der Waals surface area (Å²) in [6.45, 7) is 3.94. The molecular weight excluding hydrogens is 370 g/mol. The fourth-order valence-electron chi connectivity index (χ4n) is 3.06. The van der Waals surface area contributed by atoms with Crippen LogP contribution in [0.2, 0.25) is 0 Å². The maximum atomic E-state index is 12.5. The van der Waals surface area contributed by atoms with Crippen LogP contribution in [-0.4, -0.2) is 37.1 Å². The van der Waals surface area contributed by atoms with Gasteiger partial charge in [-0.2, -0.15) is 0 Å². The van der Waals surface area contributed by atoms with Crippen LogP contribution in [0.3, 0.4) is 0 Å². The molecule has 29 heavy (non-hydrogen) atoms. The smallest absolute Gasteiger partial charge is 0.340 e. The molecule has 3 aromatic rings. The predicted molar refractivity (Wildman–Crippen MR) is 111 cm³/mol. The number of furan rings is 1. The zero-order valence-electron chi connectivity index (χ0n) is 17.1. The number of hydrogen-bond acceptors (Lipinski definition) is 5. The minimum atomic E-state index is -0.526. The number of nitrogens with one attached hydrogen (secondary N) is 1. The van der Waals surface area contributed by atoms with Gasteiger partial charge in [-0.15, -0.1) is 0 Å². The van der Waals surface area contributed by atoms with Crippen molar-refractivity contribution in [1.82, 2.24) is 4.57 Å². The number of benzene rings is 1. The highest BCUT2D eigenvalue weighted by Gasteiger charge is 2.18. The molecule has 2 heterocycles. The molecule has 7 nitrogen and oxygen atoms in total. The number of nitrogens with zero attached hydrogens (tertiary/aromatic N) is 2. The van der Waals surface area contributed by atoms with Gasteiger partial charge in [0.05, 0.1) is 18.4 Å². The van der Waals surface area contributed by atoms with Crippen LogP contribution >= 0.6 is 0 Å². The van der Waals surface area contributed by atoms with Gasteiger partial charge >= 0.3 is 5.97 Å². The number of esters is 1. The monoisotopic (exact) mass is 395 g/mol. The molecule has 0 spiro atoms. The summed E-state index contributed by atoms with van der Waals surface area (Å²) >= 11 is 0. The number of amides is 1. The SMILES string of the molecule is Cc1cc(C(=O)OCC(=O)Nc2ccc(N(C)C)cc2)c(C)n1Cc1ccco1. The number of aromatic nitrogens is 1. The van der Waals surface area contributed by atoms with Crippen molar-refractivity contribution in [3.8, 4) is 0 Å². The summed E-state index contributed by atoms with van der Waals surface area (Å²) in [4.78, 5) is 26.6.